The molecule has 1 aliphatic rings. The van der Waals surface area contributed by atoms with Crippen LogP contribution in [0.5, 0.6) is 0 Å². The molecule has 1 unspecified atom stereocenters. The topological polar surface area (TPSA) is 12.9 Å². The zero-order chi connectivity index (χ0) is 11.8. The summed E-state index contributed by atoms with van der Waals surface area (Å²) >= 11 is 10.0. The number of hydrogen-bond acceptors (Lipinski definition) is 1. The summed E-state index contributed by atoms with van der Waals surface area (Å²) in [4.78, 5) is 4.48. The third kappa shape index (κ3) is 2.00. The lowest BCUT2D eigenvalue weighted by molar-refractivity contribution is 0.947. The summed E-state index contributed by atoms with van der Waals surface area (Å²) in [5.74, 6) is 0. The Bertz CT molecular complexity index is 568. The average Bonchev–Trinajstić information content (AvgIpc) is 2.48. The first kappa shape index (κ1) is 11.2. The van der Waals surface area contributed by atoms with Gasteiger partial charge in [0.1, 0.15) is 5.38 Å². The zero-order valence-corrected chi connectivity index (χ0v) is 11.5. The molecule has 1 aromatic carbocycles. The Morgan fingerprint density at radius 1 is 1.18 bits per heavy atom. The number of hydrogen-bond donors (Lipinski definition) is 0. The monoisotopic (exact) mass is 307 g/mol. The standard InChI is InChI=1S/C14H11BrClN/c15-11-7-10-6-5-9-3-1-2-4-12(9)13(16)14(10)17-8-11/h1-4,7-8,13H,5-6H2. The van der Waals surface area contributed by atoms with Gasteiger partial charge in [0, 0.05) is 10.7 Å². The van der Waals surface area contributed by atoms with Crippen molar-refractivity contribution in [3.8, 4) is 0 Å². The minimum Gasteiger partial charge on any atom is -0.258 e. The molecule has 0 bridgehead atoms. The fraction of sp³-hybridized carbons (Fsp3) is 0.214. The van der Waals surface area contributed by atoms with Crippen LogP contribution < -0.4 is 0 Å². The molecule has 0 saturated heterocycles. The molecule has 1 aliphatic carbocycles. The first-order chi connectivity index (χ1) is 8.25. The van der Waals surface area contributed by atoms with Gasteiger partial charge in [0.15, 0.2) is 0 Å². The van der Waals surface area contributed by atoms with Crippen molar-refractivity contribution in [1.29, 1.82) is 0 Å². The van der Waals surface area contributed by atoms with Gasteiger partial charge in [-0.15, -0.1) is 11.6 Å². The molecule has 0 radical (unpaired) electrons. The third-order valence-corrected chi connectivity index (χ3v) is 4.08. The SMILES string of the molecule is ClC1c2ccccc2CCc2cc(Br)cnc21. The van der Waals surface area contributed by atoms with Crippen LogP contribution >= 0.6 is 27.5 Å². The van der Waals surface area contributed by atoms with E-state index in [1.807, 2.05) is 12.3 Å². The first-order valence-corrected chi connectivity index (χ1v) is 6.85. The summed E-state index contributed by atoms with van der Waals surface area (Å²) in [6.45, 7) is 0. The Morgan fingerprint density at radius 3 is 2.82 bits per heavy atom. The molecule has 0 fully saturated rings. The molecule has 1 heterocycles. The summed E-state index contributed by atoms with van der Waals surface area (Å²) in [6, 6.07) is 10.5. The maximum Gasteiger partial charge on any atom is 0.101 e. The summed E-state index contributed by atoms with van der Waals surface area (Å²) < 4.78 is 1.02. The Balaban J connectivity index is 2.16. The molecule has 0 amide bonds. The van der Waals surface area contributed by atoms with E-state index in [0.29, 0.717) is 0 Å². The van der Waals surface area contributed by atoms with Crippen molar-refractivity contribution in [3.63, 3.8) is 0 Å². The Hall–Kier alpha value is -0.860. The molecule has 1 atom stereocenters. The molecule has 1 nitrogen and oxygen atoms in total. The van der Waals surface area contributed by atoms with Crippen LogP contribution in [0.4, 0.5) is 0 Å². The van der Waals surface area contributed by atoms with Gasteiger partial charge in [0.2, 0.25) is 0 Å². The lowest BCUT2D eigenvalue weighted by atomic mass is 10.0. The number of alkyl halides is 1. The fourth-order valence-electron chi connectivity index (χ4n) is 2.35. The molecule has 3 heteroatoms. The summed E-state index contributed by atoms with van der Waals surface area (Å²) in [6.07, 6.45) is 3.86. The second kappa shape index (κ2) is 4.43. The number of aromatic nitrogens is 1. The van der Waals surface area contributed by atoms with Gasteiger partial charge < -0.3 is 0 Å². The van der Waals surface area contributed by atoms with E-state index in [2.05, 4.69) is 45.2 Å². The maximum absolute atomic E-state index is 6.56. The van der Waals surface area contributed by atoms with E-state index >= 15 is 0 Å². The highest BCUT2D eigenvalue weighted by molar-refractivity contribution is 9.10. The molecule has 2 aromatic rings. The summed E-state index contributed by atoms with van der Waals surface area (Å²) in [5.41, 5.74) is 4.78. The van der Waals surface area contributed by atoms with Crippen molar-refractivity contribution >= 4 is 27.5 Å². The zero-order valence-electron chi connectivity index (χ0n) is 9.16. The summed E-state index contributed by atoms with van der Waals surface area (Å²) in [5, 5.41) is -0.128. The van der Waals surface area contributed by atoms with Crippen LogP contribution in [0, 0.1) is 0 Å². The Labute approximate surface area is 114 Å². The lowest BCUT2D eigenvalue weighted by Gasteiger charge is -2.12. The van der Waals surface area contributed by atoms with Crippen LogP contribution in [0.15, 0.2) is 41.0 Å². The van der Waals surface area contributed by atoms with Gasteiger partial charge in [0.25, 0.3) is 0 Å². The van der Waals surface area contributed by atoms with E-state index in [4.69, 9.17) is 11.6 Å². The van der Waals surface area contributed by atoms with E-state index < -0.39 is 0 Å². The van der Waals surface area contributed by atoms with Gasteiger partial charge in [-0.3, -0.25) is 4.98 Å². The largest absolute Gasteiger partial charge is 0.258 e. The molecular weight excluding hydrogens is 298 g/mol. The van der Waals surface area contributed by atoms with Gasteiger partial charge in [-0.2, -0.15) is 0 Å². The minimum atomic E-state index is -0.128. The van der Waals surface area contributed by atoms with Crippen LogP contribution in [0.3, 0.4) is 0 Å². The Kier molecular flexibility index (Phi) is 2.93. The predicted molar refractivity (Wildman–Crippen MR) is 73.5 cm³/mol. The molecule has 0 saturated carbocycles. The third-order valence-electron chi connectivity index (χ3n) is 3.20. The van der Waals surface area contributed by atoms with Crippen molar-refractivity contribution in [1.82, 2.24) is 4.98 Å². The normalized spacial score (nSPS) is 18.1. The number of rotatable bonds is 0. The van der Waals surface area contributed by atoms with Gasteiger partial charge in [-0.1, -0.05) is 24.3 Å². The fourth-order valence-corrected chi connectivity index (χ4v) is 3.13. The van der Waals surface area contributed by atoms with Crippen LogP contribution in [0.1, 0.15) is 27.8 Å². The molecular formula is C14H11BrClN. The molecule has 0 spiro atoms. The summed E-state index contributed by atoms with van der Waals surface area (Å²) in [7, 11) is 0. The molecule has 0 N–H and O–H groups in total. The number of nitrogens with zero attached hydrogens (tertiary/aromatic N) is 1. The predicted octanol–water partition coefficient (Wildman–Crippen LogP) is 4.27. The quantitative estimate of drug-likeness (QED) is 0.662. The number of benzene rings is 1. The van der Waals surface area contributed by atoms with E-state index in [0.717, 1.165) is 23.0 Å². The lowest BCUT2D eigenvalue weighted by Crippen LogP contribution is -1.99. The van der Waals surface area contributed by atoms with Gasteiger partial charge in [0.05, 0.1) is 5.69 Å². The first-order valence-electron chi connectivity index (χ1n) is 5.62. The van der Waals surface area contributed by atoms with E-state index in [1.165, 1.54) is 16.7 Å². The molecule has 0 aliphatic heterocycles. The number of fused-ring (bicyclic) bond motifs is 2. The van der Waals surface area contributed by atoms with Crippen LogP contribution in [-0.4, -0.2) is 4.98 Å². The van der Waals surface area contributed by atoms with Gasteiger partial charge in [-0.25, -0.2) is 0 Å². The van der Waals surface area contributed by atoms with Crippen molar-refractivity contribution in [2.24, 2.45) is 0 Å². The Morgan fingerprint density at radius 2 is 1.94 bits per heavy atom. The van der Waals surface area contributed by atoms with Crippen LogP contribution in [-0.2, 0) is 12.8 Å². The van der Waals surface area contributed by atoms with E-state index in [9.17, 15) is 0 Å². The average molecular weight is 309 g/mol. The van der Waals surface area contributed by atoms with Crippen molar-refractivity contribution in [2.45, 2.75) is 18.2 Å². The molecule has 17 heavy (non-hydrogen) atoms. The van der Waals surface area contributed by atoms with Crippen molar-refractivity contribution in [3.05, 3.63) is 63.4 Å². The second-order valence-electron chi connectivity index (χ2n) is 4.26. The van der Waals surface area contributed by atoms with Crippen LogP contribution in [0.25, 0.3) is 0 Å². The van der Waals surface area contributed by atoms with Gasteiger partial charge in [-0.05, 0) is 51.5 Å². The van der Waals surface area contributed by atoms with E-state index in [1.54, 1.807) is 0 Å². The maximum atomic E-state index is 6.56. The van der Waals surface area contributed by atoms with Crippen molar-refractivity contribution in [2.75, 3.05) is 0 Å². The second-order valence-corrected chi connectivity index (χ2v) is 5.61. The van der Waals surface area contributed by atoms with Crippen LogP contribution in [0.2, 0.25) is 0 Å². The number of pyridine rings is 1. The smallest absolute Gasteiger partial charge is 0.101 e. The van der Waals surface area contributed by atoms with E-state index in [-0.39, 0.29) is 5.38 Å². The molecule has 86 valence electrons. The molecule has 3 rings (SSSR count). The minimum absolute atomic E-state index is 0.128. The highest BCUT2D eigenvalue weighted by Gasteiger charge is 2.22. The van der Waals surface area contributed by atoms with Gasteiger partial charge >= 0.3 is 0 Å². The number of halogens is 2. The number of aryl methyl sites for hydroxylation is 2. The highest BCUT2D eigenvalue weighted by Crippen LogP contribution is 2.36. The molecule has 1 aromatic heterocycles. The van der Waals surface area contributed by atoms with Crippen molar-refractivity contribution < 1.29 is 0 Å². The highest BCUT2D eigenvalue weighted by atomic mass is 79.9.